The SMILES string of the molecule is Nc1nc(SC2CCNC2)n[nH]1. The van der Waals surface area contributed by atoms with Gasteiger partial charge < -0.3 is 11.1 Å². The van der Waals surface area contributed by atoms with Crippen molar-refractivity contribution in [3.8, 4) is 0 Å². The van der Waals surface area contributed by atoms with E-state index in [-0.39, 0.29) is 0 Å². The van der Waals surface area contributed by atoms with E-state index in [1.807, 2.05) is 0 Å². The Labute approximate surface area is 74.5 Å². The maximum atomic E-state index is 5.39. The second-order valence-electron chi connectivity index (χ2n) is 2.74. The second-order valence-corrected chi connectivity index (χ2v) is 4.00. The quantitative estimate of drug-likeness (QED) is 0.596. The van der Waals surface area contributed by atoms with Crippen LogP contribution < -0.4 is 11.1 Å². The van der Waals surface area contributed by atoms with Crippen molar-refractivity contribution in [1.82, 2.24) is 20.5 Å². The van der Waals surface area contributed by atoms with Gasteiger partial charge in [-0.1, -0.05) is 11.8 Å². The van der Waals surface area contributed by atoms with Crippen molar-refractivity contribution in [2.45, 2.75) is 16.8 Å². The number of thioether (sulfide) groups is 1. The fourth-order valence-corrected chi connectivity index (χ4v) is 2.17. The molecule has 1 atom stereocenters. The molecule has 4 N–H and O–H groups in total. The first-order valence-corrected chi connectivity index (χ1v) is 4.78. The van der Waals surface area contributed by atoms with Crippen LogP contribution in [0.15, 0.2) is 5.16 Å². The van der Waals surface area contributed by atoms with Gasteiger partial charge in [0.15, 0.2) is 0 Å². The summed E-state index contributed by atoms with van der Waals surface area (Å²) in [5, 5.41) is 11.2. The van der Waals surface area contributed by atoms with Crippen molar-refractivity contribution < 1.29 is 0 Å². The molecule has 1 aliphatic heterocycles. The van der Waals surface area contributed by atoms with E-state index in [9.17, 15) is 0 Å². The number of aromatic nitrogens is 3. The van der Waals surface area contributed by atoms with Crippen molar-refractivity contribution in [3.05, 3.63) is 0 Å². The van der Waals surface area contributed by atoms with Gasteiger partial charge in [0.05, 0.1) is 0 Å². The number of anilines is 1. The Morgan fingerprint density at radius 3 is 3.08 bits per heavy atom. The van der Waals surface area contributed by atoms with Crippen LogP contribution >= 0.6 is 11.8 Å². The van der Waals surface area contributed by atoms with Crippen LogP contribution in [0.25, 0.3) is 0 Å². The molecule has 2 heterocycles. The fourth-order valence-electron chi connectivity index (χ4n) is 1.19. The average molecular weight is 185 g/mol. The Bertz CT molecular complexity index is 254. The molecule has 12 heavy (non-hydrogen) atoms. The van der Waals surface area contributed by atoms with E-state index in [4.69, 9.17) is 5.73 Å². The topological polar surface area (TPSA) is 79.6 Å². The molecular formula is C6H11N5S. The molecule has 1 saturated heterocycles. The van der Waals surface area contributed by atoms with Gasteiger partial charge in [0.2, 0.25) is 11.1 Å². The number of aromatic amines is 1. The van der Waals surface area contributed by atoms with Crippen LogP contribution in [0.2, 0.25) is 0 Å². The zero-order valence-electron chi connectivity index (χ0n) is 6.58. The van der Waals surface area contributed by atoms with E-state index in [0.29, 0.717) is 11.2 Å². The third-order valence-electron chi connectivity index (χ3n) is 1.77. The minimum Gasteiger partial charge on any atom is -0.368 e. The van der Waals surface area contributed by atoms with Gasteiger partial charge in [0.1, 0.15) is 0 Å². The summed E-state index contributed by atoms with van der Waals surface area (Å²) in [7, 11) is 0. The molecule has 0 bridgehead atoms. The van der Waals surface area contributed by atoms with Crippen LogP contribution in [0.1, 0.15) is 6.42 Å². The first-order chi connectivity index (χ1) is 5.84. The normalized spacial score (nSPS) is 23.2. The minimum absolute atomic E-state index is 0.392. The van der Waals surface area contributed by atoms with E-state index in [2.05, 4.69) is 20.5 Å². The summed E-state index contributed by atoms with van der Waals surface area (Å²) in [5.41, 5.74) is 5.39. The molecular weight excluding hydrogens is 174 g/mol. The number of hydrogen-bond donors (Lipinski definition) is 3. The number of H-pyrrole nitrogens is 1. The molecule has 2 rings (SSSR count). The van der Waals surface area contributed by atoms with Crippen molar-refractivity contribution in [2.24, 2.45) is 0 Å². The lowest BCUT2D eigenvalue weighted by Gasteiger charge is -2.01. The maximum Gasteiger partial charge on any atom is 0.216 e. The molecule has 0 aromatic carbocycles. The van der Waals surface area contributed by atoms with Crippen molar-refractivity contribution in [3.63, 3.8) is 0 Å². The van der Waals surface area contributed by atoms with Crippen LogP contribution in [0.3, 0.4) is 0 Å². The number of nitrogens with one attached hydrogen (secondary N) is 2. The van der Waals surface area contributed by atoms with Crippen molar-refractivity contribution in [2.75, 3.05) is 18.8 Å². The van der Waals surface area contributed by atoms with E-state index in [1.54, 1.807) is 11.8 Å². The predicted octanol–water partition coefficient (Wildman–Crippen LogP) is -0.159. The van der Waals surface area contributed by atoms with Crippen molar-refractivity contribution in [1.29, 1.82) is 0 Å². The Morgan fingerprint density at radius 2 is 2.50 bits per heavy atom. The van der Waals surface area contributed by atoms with E-state index in [0.717, 1.165) is 18.2 Å². The monoisotopic (exact) mass is 185 g/mol. The van der Waals surface area contributed by atoms with Gasteiger partial charge in [-0.15, -0.1) is 5.10 Å². The summed E-state index contributed by atoms with van der Waals surface area (Å²) in [5.74, 6) is 0.392. The molecule has 1 aromatic heterocycles. The first kappa shape index (κ1) is 7.88. The van der Waals surface area contributed by atoms with Gasteiger partial charge in [0, 0.05) is 11.8 Å². The number of hydrogen-bond acceptors (Lipinski definition) is 5. The van der Waals surface area contributed by atoms with E-state index in [1.165, 1.54) is 6.42 Å². The zero-order chi connectivity index (χ0) is 8.39. The van der Waals surface area contributed by atoms with Gasteiger partial charge in [-0.05, 0) is 13.0 Å². The Balaban J connectivity index is 1.94. The van der Waals surface area contributed by atoms with Gasteiger partial charge in [0.25, 0.3) is 0 Å². The summed E-state index contributed by atoms with van der Waals surface area (Å²) in [6, 6.07) is 0. The summed E-state index contributed by atoms with van der Waals surface area (Å²) >= 11 is 1.68. The number of nitrogens with zero attached hydrogens (tertiary/aromatic N) is 2. The average Bonchev–Trinajstić information content (AvgIpc) is 2.63. The molecule has 1 unspecified atom stereocenters. The minimum atomic E-state index is 0.392. The lowest BCUT2D eigenvalue weighted by molar-refractivity contribution is 0.858. The largest absolute Gasteiger partial charge is 0.368 e. The number of rotatable bonds is 2. The Morgan fingerprint density at radius 1 is 1.58 bits per heavy atom. The summed E-state index contributed by atoms with van der Waals surface area (Å²) in [4.78, 5) is 4.02. The predicted molar refractivity (Wildman–Crippen MR) is 47.9 cm³/mol. The second kappa shape index (κ2) is 3.32. The summed E-state index contributed by atoms with van der Waals surface area (Å²) < 4.78 is 0. The Kier molecular flexibility index (Phi) is 2.18. The molecule has 0 saturated carbocycles. The fraction of sp³-hybridized carbons (Fsp3) is 0.667. The van der Waals surface area contributed by atoms with Gasteiger partial charge in [-0.3, -0.25) is 0 Å². The highest BCUT2D eigenvalue weighted by Crippen LogP contribution is 2.23. The molecule has 0 spiro atoms. The van der Waals surface area contributed by atoms with Gasteiger partial charge in [-0.25, -0.2) is 5.10 Å². The molecule has 5 nitrogen and oxygen atoms in total. The molecule has 1 aliphatic rings. The highest BCUT2D eigenvalue weighted by molar-refractivity contribution is 7.99. The lowest BCUT2D eigenvalue weighted by atomic mass is 10.4. The first-order valence-electron chi connectivity index (χ1n) is 3.90. The molecule has 6 heteroatoms. The van der Waals surface area contributed by atoms with E-state index < -0.39 is 0 Å². The lowest BCUT2D eigenvalue weighted by Crippen LogP contribution is -2.10. The smallest absolute Gasteiger partial charge is 0.216 e. The molecule has 66 valence electrons. The van der Waals surface area contributed by atoms with Crippen LogP contribution in [-0.2, 0) is 0 Å². The van der Waals surface area contributed by atoms with Crippen LogP contribution in [-0.4, -0.2) is 33.5 Å². The standard InChI is InChI=1S/C6H11N5S/c7-5-9-6(11-10-5)12-4-1-2-8-3-4/h4,8H,1-3H2,(H3,7,9,10,11). The molecule has 1 fully saturated rings. The molecule has 0 radical (unpaired) electrons. The maximum absolute atomic E-state index is 5.39. The number of nitrogen functional groups attached to an aromatic ring is 1. The summed E-state index contributed by atoms with van der Waals surface area (Å²) in [6.07, 6.45) is 1.18. The molecule has 0 aliphatic carbocycles. The van der Waals surface area contributed by atoms with Crippen LogP contribution in [0.5, 0.6) is 0 Å². The van der Waals surface area contributed by atoms with Gasteiger partial charge >= 0.3 is 0 Å². The van der Waals surface area contributed by atoms with Crippen molar-refractivity contribution >= 4 is 17.7 Å². The van der Waals surface area contributed by atoms with Gasteiger partial charge in [-0.2, -0.15) is 4.98 Å². The van der Waals surface area contributed by atoms with Crippen LogP contribution in [0.4, 0.5) is 5.95 Å². The highest BCUT2D eigenvalue weighted by atomic mass is 32.2. The third kappa shape index (κ3) is 1.70. The molecule has 0 amide bonds. The number of nitrogens with two attached hydrogens (primary N) is 1. The van der Waals surface area contributed by atoms with E-state index >= 15 is 0 Å². The third-order valence-corrected chi connectivity index (χ3v) is 2.90. The summed E-state index contributed by atoms with van der Waals surface area (Å²) in [6.45, 7) is 2.14. The molecule has 1 aromatic rings. The van der Waals surface area contributed by atoms with Crippen LogP contribution in [0, 0.1) is 0 Å². The highest BCUT2D eigenvalue weighted by Gasteiger charge is 2.17. The Hall–Kier alpha value is -0.750. The zero-order valence-corrected chi connectivity index (χ0v) is 7.40.